The van der Waals surface area contributed by atoms with E-state index in [1.54, 1.807) is 5.12 Å². The van der Waals surface area contributed by atoms with Gasteiger partial charge < -0.3 is 0 Å². The van der Waals surface area contributed by atoms with E-state index in [9.17, 15) is 0 Å². The van der Waals surface area contributed by atoms with Crippen LogP contribution < -0.4 is 5.84 Å². The molecule has 0 aliphatic heterocycles. The Morgan fingerprint density at radius 3 is 1.56 bits per heavy atom. The van der Waals surface area contributed by atoms with Crippen molar-refractivity contribution in [2.45, 2.75) is 6.92 Å². The predicted molar refractivity (Wildman–Crippen MR) is 44.8 cm³/mol. The Balaban J connectivity index is -0.000000180. The molecule has 0 fully saturated rings. The summed E-state index contributed by atoms with van der Waals surface area (Å²) in [6.07, 6.45) is 0. The molecule has 0 amide bonds. The van der Waals surface area contributed by atoms with Gasteiger partial charge in [0.1, 0.15) is 0 Å². The van der Waals surface area contributed by atoms with Crippen LogP contribution in [0.2, 0.25) is 0 Å². The average Bonchev–Trinajstić information content (AvgIpc) is 1.65. The lowest BCUT2D eigenvalue weighted by Gasteiger charge is -2.20. The number of rotatable bonds is 2. The van der Waals surface area contributed by atoms with Crippen molar-refractivity contribution in [1.29, 1.82) is 0 Å². The molecule has 0 aliphatic carbocycles. The Hall–Kier alpha value is 0.460. The minimum absolute atomic E-state index is 0. The highest BCUT2D eigenvalue weighted by Gasteiger charge is 1.92. The van der Waals surface area contributed by atoms with Crippen molar-refractivity contribution in [2.75, 3.05) is 20.6 Å². The molecule has 0 aromatic carbocycles. The molecule has 0 rings (SSSR count). The van der Waals surface area contributed by atoms with Gasteiger partial charge in [-0.1, -0.05) is 0 Å². The van der Waals surface area contributed by atoms with Crippen molar-refractivity contribution in [2.24, 2.45) is 5.84 Å². The molecule has 60 valence electrons. The number of nitrogens with zero attached hydrogens (tertiary/aromatic N) is 2. The quantitative estimate of drug-likeness (QED) is 0.491. The van der Waals surface area contributed by atoms with Crippen LogP contribution in [0.1, 0.15) is 6.92 Å². The van der Waals surface area contributed by atoms with Crippen molar-refractivity contribution < 1.29 is 0 Å². The molecule has 0 radical (unpaired) electrons. The Morgan fingerprint density at radius 2 is 1.56 bits per heavy atom. The van der Waals surface area contributed by atoms with Gasteiger partial charge in [-0.25, -0.2) is 5.01 Å². The number of hydrogen-bond donors (Lipinski definition) is 1. The van der Waals surface area contributed by atoms with Gasteiger partial charge in [-0.2, -0.15) is 5.12 Å². The highest BCUT2D eigenvalue weighted by Crippen LogP contribution is 1.75. The number of halogens is 2. The van der Waals surface area contributed by atoms with E-state index in [2.05, 4.69) is 0 Å². The van der Waals surface area contributed by atoms with Crippen molar-refractivity contribution >= 4 is 24.8 Å². The molecular weight excluding hydrogens is 161 g/mol. The van der Waals surface area contributed by atoms with Crippen molar-refractivity contribution in [3.05, 3.63) is 0 Å². The van der Waals surface area contributed by atoms with Crippen LogP contribution in [0.3, 0.4) is 0 Å². The lowest BCUT2D eigenvalue weighted by atomic mass is 10.8. The zero-order chi connectivity index (χ0) is 5.86. The summed E-state index contributed by atoms with van der Waals surface area (Å²) >= 11 is 0. The lowest BCUT2D eigenvalue weighted by molar-refractivity contribution is 0.0306. The van der Waals surface area contributed by atoms with E-state index in [4.69, 9.17) is 5.84 Å². The molecule has 0 aromatic heterocycles. The molecule has 0 atom stereocenters. The molecule has 0 saturated heterocycles. The second kappa shape index (κ2) is 8.46. The summed E-state index contributed by atoms with van der Waals surface area (Å²) in [7, 11) is 3.81. The minimum atomic E-state index is 0. The van der Waals surface area contributed by atoms with E-state index in [0.717, 1.165) is 6.54 Å². The molecule has 0 heterocycles. The average molecular weight is 176 g/mol. The first-order chi connectivity index (χ1) is 3.18. The molecule has 0 aromatic rings. The first-order valence-corrected chi connectivity index (χ1v) is 2.38. The third-order valence-corrected chi connectivity index (χ3v) is 0.838. The third-order valence-electron chi connectivity index (χ3n) is 0.838. The van der Waals surface area contributed by atoms with E-state index in [1.807, 2.05) is 26.0 Å². The Morgan fingerprint density at radius 1 is 1.22 bits per heavy atom. The van der Waals surface area contributed by atoms with Gasteiger partial charge in [0.2, 0.25) is 0 Å². The maximum atomic E-state index is 5.38. The Kier molecular flexibility index (Phi) is 15.3. The fraction of sp³-hybridized carbons (Fsp3) is 1.00. The van der Waals surface area contributed by atoms with Crippen molar-refractivity contribution in [3.8, 4) is 0 Å². The molecule has 0 unspecified atom stereocenters. The molecule has 0 saturated carbocycles. The van der Waals surface area contributed by atoms with E-state index in [-0.39, 0.29) is 24.8 Å². The monoisotopic (exact) mass is 175 g/mol. The highest BCUT2D eigenvalue weighted by molar-refractivity contribution is 5.85. The SMILES string of the molecule is CCN(N)N(C)C.Cl.Cl. The summed E-state index contributed by atoms with van der Waals surface area (Å²) in [4.78, 5) is 0. The molecular formula is C4H15Cl2N3. The summed E-state index contributed by atoms with van der Waals surface area (Å²) in [5, 5.41) is 3.46. The van der Waals surface area contributed by atoms with Gasteiger partial charge in [-0.15, -0.1) is 24.8 Å². The molecule has 0 spiro atoms. The molecule has 3 nitrogen and oxygen atoms in total. The Labute approximate surface area is 68.9 Å². The fourth-order valence-electron chi connectivity index (χ4n) is 0.283. The third kappa shape index (κ3) is 8.46. The van der Waals surface area contributed by atoms with E-state index >= 15 is 0 Å². The lowest BCUT2D eigenvalue weighted by Crippen LogP contribution is -2.42. The maximum Gasteiger partial charge on any atom is 0.0259 e. The zero-order valence-electron chi connectivity index (χ0n) is 6.00. The van der Waals surface area contributed by atoms with Gasteiger partial charge in [0.15, 0.2) is 0 Å². The fourth-order valence-corrected chi connectivity index (χ4v) is 0.283. The van der Waals surface area contributed by atoms with Crippen LogP contribution >= 0.6 is 24.8 Å². The molecule has 9 heavy (non-hydrogen) atoms. The first kappa shape index (κ1) is 16.2. The minimum Gasteiger partial charge on any atom is -0.255 e. The second-order valence-electron chi connectivity index (χ2n) is 1.60. The smallest absolute Gasteiger partial charge is 0.0259 e. The summed E-state index contributed by atoms with van der Waals surface area (Å²) < 4.78 is 0. The van der Waals surface area contributed by atoms with E-state index < -0.39 is 0 Å². The highest BCUT2D eigenvalue weighted by atomic mass is 35.5. The maximum absolute atomic E-state index is 5.38. The molecule has 0 aliphatic rings. The molecule has 0 bridgehead atoms. The number of hydrazine groups is 2. The summed E-state index contributed by atoms with van der Waals surface area (Å²) in [5.41, 5.74) is 0. The summed E-state index contributed by atoms with van der Waals surface area (Å²) in [5.74, 6) is 5.38. The van der Waals surface area contributed by atoms with Crippen LogP contribution in [0, 0.1) is 0 Å². The van der Waals surface area contributed by atoms with Crippen LogP contribution in [0.5, 0.6) is 0 Å². The van der Waals surface area contributed by atoms with Crippen molar-refractivity contribution in [1.82, 2.24) is 10.1 Å². The molecule has 2 N–H and O–H groups in total. The van der Waals surface area contributed by atoms with Gasteiger partial charge in [0.25, 0.3) is 0 Å². The van der Waals surface area contributed by atoms with Gasteiger partial charge in [0.05, 0.1) is 0 Å². The van der Waals surface area contributed by atoms with Crippen LogP contribution in [0.4, 0.5) is 0 Å². The van der Waals surface area contributed by atoms with Crippen LogP contribution in [0.15, 0.2) is 0 Å². The van der Waals surface area contributed by atoms with Crippen LogP contribution in [-0.4, -0.2) is 30.8 Å². The van der Waals surface area contributed by atoms with Crippen LogP contribution in [0.25, 0.3) is 0 Å². The number of hydrogen-bond acceptors (Lipinski definition) is 3. The summed E-state index contributed by atoms with van der Waals surface area (Å²) in [6, 6.07) is 0. The van der Waals surface area contributed by atoms with Gasteiger partial charge in [-0.05, 0) is 6.92 Å². The van der Waals surface area contributed by atoms with Crippen LogP contribution in [-0.2, 0) is 0 Å². The topological polar surface area (TPSA) is 32.5 Å². The van der Waals surface area contributed by atoms with E-state index in [1.165, 1.54) is 0 Å². The predicted octanol–water partition coefficient (Wildman–Crippen LogP) is 0.502. The largest absolute Gasteiger partial charge is 0.255 e. The van der Waals surface area contributed by atoms with Crippen molar-refractivity contribution in [3.63, 3.8) is 0 Å². The molecule has 5 heteroatoms. The normalized spacial score (nSPS) is 8.67. The van der Waals surface area contributed by atoms with Gasteiger partial charge >= 0.3 is 0 Å². The first-order valence-electron chi connectivity index (χ1n) is 2.38. The van der Waals surface area contributed by atoms with E-state index in [0.29, 0.717) is 0 Å². The summed E-state index contributed by atoms with van der Waals surface area (Å²) in [6.45, 7) is 2.85. The standard InChI is InChI=1S/C4H13N3.2ClH/c1-4-7(5)6(2)3;;/h4-5H2,1-3H3;2*1H. The van der Waals surface area contributed by atoms with Gasteiger partial charge in [-0.3, -0.25) is 5.84 Å². The van der Waals surface area contributed by atoms with Gasteiger partial charge in [0, 0.05) is 20.6 Å². The zero-order valence-corrected chi connectivity index (χ0v) is 7.63. The Bertz CT molecular complexity index is 51.1. The second-order valence-corrected chi connectivity index (χ2v) is 1.60. The number of nitrogens with two attached hydrogens (primary N) is 1.